The van der Waals surface area contributed by atoms with Gasteiger partial charge >= 0.3 is 0 Å². The summed E-state index contributed by atoms with van der Waals surface area (Å²) in [6.07, 6.45) is 13.1. The van der Waals surface area contributed by atoms with Crippen molar-refractivity contribution < 1.29 is 28.5 Å². The van der Waals surface area contributed by atoms with E-state index < -0.39 is 5.24 Å². The Hall–Kier alpha value is -5.86. The molecule has 0 bridgehead atoms. The molecule has 1 aliphatic heterocycles. The predicted octanol–water partition coefficient (Wildman–Crippen LogP) is 6.37. The summed E-state index contributed by atoms with van der Waals surface area (Å²) in [4.78, 5) is 27.0. The lowest BCUT2D eigenvalue weighted by Crippen LogP contribution is -2.43. The quantitative estimate of drug-likeness (QED) is 0.0552. The van der Waals surface area contributed by atoms with Gasteiger partial charge in [-0.3, -0.25) is 4.79 Å². The number of anilines is 4. The van der Waals surface area contributed by atoms with Crippen molar-refractivity contribution in [2.45, 2.75) is 44.4 Å². The number of fused-ring (bicyclic) bond motifs is 2. The molecule has 14 heteroatoms. The monoisotopic (exact) mass is 809 g/mol. The summed E-state index contributed by atoms with van der Waals surface area (Å²) >= 11 is 4.71. The Morgan fingerprint density at radius 2 is 1.55 bits per heavy atom. The molecule has 1 saturated heterocycles. The third-order valence-electron chi connectivity index (χ3n) is 8.84. The summed E-state index contributed by atoms with van der Waals surface area (Å²) < 4.78 is 26.6. The Labute approximate surface area is 344 Å². The van der Waals surface area contributed by atoms with E-state index in [-0.39, 0.29) is 18.2 Å². The molecule has 13 nitrogen and oxygen atoms in total. The summed E-state index contributed by atoms with van der Waals surface area (Å²) in [6.45, 7) is 11.0. The number of allylic oxidation sites excluding steroid dienone is 1. The van der Waals surface area contributed by atoms with Crippen LogP contribution < -0.4 is 36.4 Å². The van der Waals surface area contributed by atoms with Crippen LogP contribution >= 0.6 is 11.6 Å². The van der Waals surface area contributed by atoms with Gasteiger partial charge in [0.1, 0.15) is 30.7 Å². The minimum Gasteiger partial charge on any atom is -0.493 e. The molecule has 0 radical (unpaired) electrons. The zero-order chi connectivity index (χ0) is 41.9. The number of benzene rings is 3. The first-order valence-electron chi connectivity index (χ1n) is 18.6. The highest BCUT2D eigenvalue weighted by atomic mass is 35.5. The average Bonchev–Trinajstić information content (AvgIpc) is 3.84. The van der Waals surface area contributed by atoms with Crippen LogP contribution in [0.15, 0.2) is 98.6 Å². The second-order valence-electron chi connectivity index (χ2n) is 12.9. The number of aromatic nitrogens is 4. The van der Waals surface area contributed by atoms with Gasteiger partial charge in [0.05, 0.1) is 30.8 Å². The van der Waals surface area contributed by atoms with E-state index in [1.54, 1.807) is 34.8 Å². The average molecular weight is 810 g/mol. The van der Waals surface area contributed by atoms with Crippen molar-refractivity contribution in [1.29, 1.82) is 0 Å². The van der Waals surface area contributed by atoms with E-state index in [2.05, 4.69) is 81.0 Å². The number of carbonyl (C=O) groups is 1. The minimum absolute atomic E-state index is 0.136. The smallest absolute Gasteiger partial charge is 0.244 e. The maximum absolute atomic E-state index is 9.46. The number of carbonyl (C=O) groups excluding carboxylic acids is 1. The number of hydrogen-bond acceptors (Lipinski definition) is 13. The van der Waals surface area contributed by atoms with Crippen molar-refractivity contribution in [2.24, 2.45) is 0 Å². The highest BCUT2D eigenvalue weighted by molar-refractivity contribution is 6.66. The Bertz CT molecular complexity index is 2240. The standard InChI is InChI=1S/C21H25N3O2.C16H16N4O2.C4H8O.C3H3ClO/c1-5-14(2)24-16-8-6-7-15(9-16)10-18-17-11-20(25-3)21(26-4)12-19(17)23-13-22-18;1-21-14-7-12-13(8-15(14)22-2)18-9-19-16(12)20-11-5-3-4-10(17)6-11;1-2-4-5-3-1;1-2-3(4)5/h5-9,11-14,20-21,24H,1,10H2,2-4H3;3-9H,17H2,1-2H3,(H,18,19,20);1-4H2;2H,1H2. The van der Waals surface area contributed by atoms with Crippen molar-refractivity contribution in [2.75, 3.05) is 58.0 Å². The van der Waals surface area contributed by atoms with Crippen molar-refractivity contribution in [3.63, 3.8) is 0 Å². The molecule has 58 heavy (non-hydrogen) atoms. The van der Waals surface area contributed by atoms with Gasteiger partial charge in [0, 0.05) is 73.6 Å². The molecule has 3 atom stereocenters. The lowest BCUT2D eigenvalue weighted by molar-refractivity contribution is -0.107. The van der Waals surface area contributed by atoms with Gasteiger partial charge in [0.2, 0.25) is 5.24 Å². The van der Waals surface area contributed by atoms with Crippen LogP contribution in [-0.2, 0) is 25.4 Å². The molecule has 2 aromatic heterocycles. The van der Waals surface area contributed by atoms with Crippen molar-refractivity contribution in [3.8, 4) is 11.5 Å². The summed E-state index contributed by atoms with van der Waals surface area (Å²) in [7, 11) is 6.55. The van der Waals surface area contributed by atoms with Gasteiger partial charge in [-0.15, -0.1) is 6.58 Å². The number of nitrogens with one attached hydrogen (secondary N) is 2. The fraction of sp³-hybridized carbons (Fsp3) is 0.295. The number of rotatable bonds is 12. The molecule has 7 rings (SSSR count). The van der Waals surface area contributed by atoms with Crippen LogP contribution in [0.5, 0.6) is 11.5 Å². The maximum Gasteiger partial charge on any atom is 0.244 e. The zero-order valence-electron chi connectivity index (χ0n) is 33.6. The third kappa shape index (κ3) is 13.4. The summed E-state index contributed by atoms with van der Waals surface area (Å²) in [5.41, 5.74) is 11.3. The summed E-state index contributed by atoms with van der Waals surface area (Å²) in [6, 6.07) is 19.7. The van der Waals surface area contributed by atoms with Crippen LogP contribution in [0.1, 0.15) is 31.0 Å². The second kappa shape index (κ2) is 23.4. The molecule has 3 unspecified atom stereocenters. The van der Waals surface area contributed by atoms with Crippen LogP contribution in [0.3, 0.4) is 0 Å². The Kier molecular flexibility index (Phi) is 18.1. The summed E-state index contributed by atoms with van der Waals surface area (Å²) in [5.74, 6) is 1.93. The topological polar surface area (TPSA) is 165 Å². The van der Waals surface area contributed by atoms with Gasteiger partial charge in [-0.1, -0.05) is 30.9 Å². The SMILES string of the molecule is C1CCOC1.C=CC(=O)Cl.C=CC(C)Nc1cccc(Cc2ncnc3c2=CC(OC)C(OC)C=3)c1.COc1cc2ncnc(Nc3cccc(N)c3)c2cc1OC. The van der Waals surface area contributed by atoms with Gasteiger partial charge in [-0.05, 0) is 91.6 Å². The van der Waals surface area contributed by atoms with Crippen LogP contribution in [-0.4, -0.2) is 85.1 Å². The van der Waals surface area contributed by atoms with Crippen LogP contribution in [0.25, 0.3) is 23.1 Å². The minimum atomic E-state index is -0.509. The number of nitrogens with zero attached hydrogens (tertiary/aromatic N) is 4. The normalized spacial score (nSPS) is 15.4. The fourth-order valence-electron chi connectivity index (χ4n) is 5.85. The highest BCUT2D eigenvalue weighted by Gasteiger charge is 2.21. The van der Waals surface area contributed by atoms with E-state index in [9.17, 15) is 4.79 Å². The number of hydrogen-bond donors (Lipinski definition) is 3. The third-order valence-corrected chi connectivity index (χ3v) is 9.00. The number of halogens is 1. The number of methoxy groups -OCH3 is 4. The maximum atomic E-state index is 9.46. The molecule has 5 aromatic rings. The van der Waals surface area contributed by atoms with Crippen molar-refractivity contribution >= 4 is 62.8 Å². The van der Waals surface area contributed by atoms with E-state index in [0.29, 0.717) is 23.0 Å². The second-order valence-corrected chi connectivity index (χ2v) is 13.3. The Morgan fingerprint density at radius 3 is 2.17 bits per heavy atom. The summed E-state index contributed by atoms with van der Waals surface area (Å²) in [5, 5.41) is 8.90. The zero-order valence-corrected chi connectivity index (χ0v) is 34.4. The molecular formula is C44H52ClN7O6. The molecule has 1 aliphatic carbocycles. The van der Waals surface area contributed by atoms with Crippen molar-refractivity contribution in [1.82, 2.24) is 19.9 Å². The van der Waals surface area contributed by atoms with E-state index in [0.717, 1.165) is 64.3 Å². The number of nitrogen functional groups attached to an aromatic ring is 1. The van der Waals surface area contributed by atoms with E-state index >= 15 is 0 Å². The highest BCUT2D eigenvalue weighted by Crippen LogP contribution is 2.34. The van der Waals surface area contributed by atoms with E-state index in [1.165, 1.54) is 24.7 Å². The molecule has 0 saturated carbocycles. The lowest BCUT2D eigenvalue weighted by atomic mass is 10.0. The van der Waals surface area contributed by atoms with Crippen LogP contribution in [0, 0.1) is 0 Å². The largest absolute Gasteiger partial charge is 0.493 e. The molecule has 0 spiro atoms. The molecular weight excluding hydrogens is 758 g/mol. The first kappa shape index (κ1) is 44.8. The predicted molar refractivity (Wildman–Crippen MR) is 232 cm³/mol. The van der Waals surface area contributed by atoms with Gasteiger partial charge in [-0.25, -0.2) is 19.9 Å². The van der Waals surface area contributed by atoms with E-state index in [4.69, 9.17) is 41.0 Å². The molecule has 3 aromatic carbocycles. The Balaban J connectivity index is 0.000000209. The first-order chi connectivity index (χ1) is 28.1. The molecule has 0 amide bonds. The van der Waals surface area contributed by atoms with Gasteiger partial charge in [0.25, 0.3) is 0 Å². The fourth-order valence-corrected chi connectivity index (χ4v) is 5.85. The first-order valence-corrected chi connectivity index (χ1v) is 19.0. The molecule has 2 aliphatic rings. The molecule has 4 N–H and O–H groups in total. The van der Waals surface area contributed by atoms with Gasteiger partial charge < -0.3 is 40.1 Å². The molecule has 306 valence electrons. The number of nitrogens with two attached hydrogens (primary N) is 1. The van der Waals surface area contributed by atoms with Gasteiger partial charge in [-0.2, -0.15) is 0 Å². The molecule has 1 fully saturated rings. The van der Waals surface area contributed by atoms with Crippen LogP contribution in [0.2, 0.25) is 0 Å². The van der Waals surface area contributed by atoms with Crippen molar-refractivity contribution in [3.05, 3.63) is 120 Å². The van der Waals surface area contributed by atoms with E-state index in [1.807, 2.05) is 48.6 Å². The van der Waals surface area contributed by atoms with Crippen LogP contribution in [0.4, 0.5) is 22.9 Å². The van der Waals surface area contributed by atoms with Gasteiger partial charge in [0.15, 0.2) is 11.5 Å². The molecule has 3 heterocycles. The lowest BCUT2D eigenvalue weighted by Gasteiger charge is -2.22. The number of ether oxygens (including phenoxy) is 5. The Morgan fingerprint density at radius 1 is 0.897 bits per heavy atom.